The third-order valence-corrected chi connectivity index (χ3v) is 4.03. The number of rotatable bonds is 13. The van der Waals surface area contributed by atoms with E-state index >= 15 is 0 Å². The van der Waals surface area contributed by atoms with Gasteiger partial charge in [0.15, 0.2) is 0 Å². The molecule has 0 amide bonds. The molecule has 1 aromatic carbocycles. The molecule has 22 heavy (non-hydrogen) atoms. The lowest BCUT2D eigenvalue weighted by atomic mass is 10.0. The number of hydrogen-bond donors (Lipinski definition) is 0. The van der Waals surface area contributed by atoms with Crippen molar-refractivity contribution in [3.05, 3.63) is 29.8 Å². The summed E-state index contributed by atoms with van der Waals surface area (Å²) in [6, 6.07) is 8.57. The first kappa shape index (κ1) is 19.0. The molecular formula is C20H35NO. The number of unbranched alkanes of at least 4 members (excludes halogenated alkanes) is 6. The molecule has 0 aromatic heterocycles. The van der Waals surface area contributed by atoms with Crippen molar-refractivity contribution in [3.63, 3.8) is 0 Å². The van der Waals surface area contributed by atoms with Crippen molar-refractivity contribution in [1.82, 2.24) is 4.90 Å². The molecule has 0 aliphatic rings. The summed E-state index contributed by atoms with van der Waals surface area (Å²) in [5.74, 6) is 1.10. The molecule has 1 rings (SSSR count). The van der Waals surface area contributed by atoms with Crippen molar-refractivity contribution in [2.75, 3.05) is 27.2 Å². The van der Waals surface area contributed by atoms with E-state index in [1.807, 2.05) is 0 Å². The van der Waals surface area contributed by atoms with E-state index in [9.17, 15) is 0 Å². The Morgan fingerprint density at radius 3 is 2.36 bits per heavy atom. The maximum atomic E-state index is 6.01. The average Bonchev–Trinajstić information content (AvgIpc) is 2.51. The molecule has 0 atom stereocenters. The van der Waals surface area contributed by atoms with E-state index in [4.69, 9.17) is 4.74 Å². The highest BCUT2D eigenvalue weighted by Crippen LogP contribution is 2.21. The molecule has 126 valence electrons. The molecule has 0 aliphatic carbocycles. The van der Waals surface area contributed by atoms with Crippen LogP contribution in [0.5, 0.6) is 5.75 Å². The second-order valence-corrected chi connectivity index (χ2v) is 6.48. The molecule has 0 radical (unpaired) electrons. The van der Waals surface area contributed by atoms with Crippen molar-refractivity contribution in [3.8, 4) is 5.75 Å². The number of aryl methyl sites for hydroxylation is 1. The van der Waals surface area contributed by atoms with Crippen LogP contribution in [0.4, 0.5) is 0 Å². The normalized spacial score (nSPS) is 11.1. The average molecular weight is 306 g/mol. The molecule has 0 aliphatic heterocycles. The summed E-state index contributed by atoms with van der Waals surface area (Å²) < 4.78 is 6.01. The number of hydrogen-bond acceptors (Lipinski definition) is 2. The van der Waals surface area contributed by atoms with E-state index in [0.29, 0.717) is 0 Å². The molecule has 0 unspecified atom stereocenters. The van der Waals surface area contributed by atoms with Gasteiger partial charge < -0.3 is 9.64 Å². The predicted octanol–water partition coefficient (Wildman–Crippen LogP) is 5.31. The highest BCUT2D eigenvalue weighted by Gasteiger charge is 2.03. The minimum atomic E-state index is 0.847. The molecule has 0 saturated heterocycles. The van der Waals surface area contributed by atoms with Gasteiger partial charge in [0.25, 0.3) is 0 Å². The SMILES string of the molecule is CCCCCCCc1ccccc1OCCCCCN(C)C. The molecule has 1 aromatic rings. The van der Waals surface area contributed by atoms with Crippen molar-refractivity contribution >= 4 is 0 Å². The Balaban J connectivity index is 2.22. The van der Waals surface area contributed by atoms with E-state index in [2.05, 4.69) is 50.2 Å². The third-order valence-electron chi connectivity index (χ3n) is 4.03. The minimum absolute atomic E-state index is 0.847. The van der Waals surface area contributed by atoms with E-state index in [0.717, 1.165) is 25.2 Å². The van der Waals surface area contributed by atoms with Gasteiger partial charge in [0.1, 0.15) is 5.75 Å². The third kappa shape index (κ3) is 9.09. The highest BCUT2D eigenvalue weighted by atomic mass is 16.5. The van der Waals surface area contributed by atoms with Gasteiger partial charge in [-0.25, -0.2) is 0 Å². The Hall–Kier alpha value is -1.02. The van der Waals surface area contributed by atoms with Crippen molar-refractivity contribution in [1.29, 1.82) is 0 Å². The van der Waals surface area contributed by atoms with Crippen LogP contribution < -0.4 is 4.74 Å². The minimum Gasteiger partial charge on any atom is -0.493 e. The van der Waals surface area contributed by atoms with Gasteiger partial charge in [0, 0.05) is 0 Å². The number of nitrogens with zero attached hydrogens (tertiary/aromatic N) is 1. The van der Waals surface area contributed by atoms with Crippen LogP contribution >= 0.6 is 0 Å². The summed E-state index contributed by atoms with van der Waals surface area (Å²) in [6.07, 6.45) is 11.5. The maximum absolute atomic E-state index is 6.01. The van der Waals surface area contributed by atoms with Gasteiger partial charge in [-0.1, -0.05) is 50.8 Å². The Bertz CT molecular complexity index is 376. The lowest BCUT2D eigenvalue weighted by Crippen LogP contribution is -2.13. The lowest BCUT2D eigenvalue weighted by molar-refractivity contribution is 0.296. The Morgan fingerprint density at radius 1 is 0.864 bits per heavy atom. The van der Waals surface area contributed by atoms with Crippen LogP contribution in [0.25, 0.3) is 0 Å². The summed E-state index contributed by atoms with van der Waals surface area (Å²) in [5, 5.41) is 0. The molecule has 0 heterocycles. The smallest absolute Gasteiger partial charge is 0.122 e. The van der Waals surface area contributed by atoms with Crippen LogP contribution in [0.2, 0.25) is 0 Å². The summed E-state index contributed by atoms with van der Waals surface area (Å²) in [7, 11) is 4.26. The van der Waals surface area contributed by atoms with Gasteiger partial charge >= 0.3 is 0 Å². The summed E-state index contributed by atoms with van der Waals surface area (Å²) in [5.41, 5.74) is 1.38. The predicted molar refractivity (Wildman–Crippen MR) is 96.8 cm³/mol. The number of ether oxygens (including phenoxy) is 1. The molecule has 0 saturated carbocycles. The van der Waals surface area contributed by atoms with Crippen molar-refractivity contribution < 1.29 is 4.74 Å². The number of para-hydroxylation sites is 1. The van der Waals surface area contributed by atoms with Crippen LogP contribution in [0.15, 0.2) is 24.3 Å². The Morgan fingerprint density at radius 2 is 1.59 bits per heavy atom. The second kappa shape index (κ2) is 12.5. The van der Waals surface area contributed by atoms with Crippen molar-refractivity contribution in [2.24, 2.45) is 0 Å². The fourth-order valence-corrected chi connectivity index (χ4v) is 2.66. The largest absolute Gasteiger partial charge is 0.493 e. The fourth-order valence-electron chi connectivity index (χ4n) is 2.66. The summed E-state index contributed by atoms with van der Waals surface area (Å²) in [4.78, 5) is 2.24. The van der Waals surface area contributed by atoms with Crippen LogP contribution in [0.3, 0.4) is 0 Å². The Labute approximate surface area is 137 Å². The monoisotopic (exact) mass is 305 g/mol. The Kier molecular flexibility index (Phi) is 10.8. The first-order valence-corrected chi connectivity index (χ1v) is 9.09. The molecule has 0 spiro atoms. The maximum Gasteiger partial charge on any atom is 0.122 e. The van der Waals surface area contributed by atoms with Crippen LogP contribution in [0, 0.1) is 0 Å². The molecule has 0 N–H and O–H groups in total. The second-order valence-electron chi connectivity index (χ2n) is 6.48. The quantitative estimate of drug-likeness (QED) is 0.458. The highest BCUT2D eigenvalue weighted by molar-refractivity contribution is 5.33. The van der Waals surface area contributed by atoms with E-state index in [-0.39, 0.29) is 0 Å². The molecule has 0 fully saturated rings. The van der Waals surface area contributed by atoms with Crippen LogP contribution in [-0.4, -0.2) is 32.1 Å². The zero-order valence-corrected chi connectivity index (χ0v) is 14.9. The van der Waals surface area contributed by atoms with E-state index < -0.39 is 0 Å². The van der Waals surface area contributed by atoms with E-state index in [1.165, 1.54) is 57.1 Å². The topological polar surface area (TPSA) is 12.5 Å². The first-order valence-electron chi connectivity index (χ1n) is 9.09. The van der Waals surface area contributed by atoms with Crippen LogP contribution in [0.1, 0.15) is 63.9 Å². The lowest BCUT2D eigenvalue weighted by Gasteiger charge is -2.12. The van der Waals surface area contributed by atoms with Gasteiger partial charge in [-0.15, -0.1) is 0 Å². The fraction of sp³-hybridized carbons (Fsp3) is 0.700. The first-order chi connectivity index (χ1) is 10.7. The van der Waals surface area contributed by atoms with Gasteiger partial charge in [-0.3, -0.25) is 0 Å². The molecule has 0 bridgehead atoms. The standard InChI is InChI=1S/C20H35NO/c1-4-5-6-7-9-14-19-15-10-11-16-20(19)22-18-13-8-12-17-21(2)3/h10-11,15-16H,4-9,12-14,17-18H2,1-3H3. The molecule has 2 nitrogen and oxygen atoms in total. The van der Waals surface area contributed by atoms with Gasteiger partial charge in [-0.05, 0) is 64.4 Å². The van der Waals surface area contributed by atoms with Gasteiger partial charge in [0.2, 0.25) is 0 Å². The summed E-state index contributed by atoms with van der Waals surface area (Å²) in [6.45, 7) is 4.29. The van der Waals surface area contributed by atoms with E-state index in [1.54, 1.807) is 0 Å². The van der Waals surface area contributed by atoms with Gasteiger partial charge in [-0.2, -0.15) is 0 Å². The zero-order valence-electron chi connectivity index (χ0n) is 14.9. The zero-order chi connectivity index (χ0) is 16.0. The van der Waals surface area contributed by atoms with Crippen molar-refractivity contribution in [2.45, 2.75) is 64.7 Å². The van der Waals surface area contributed by atoms with Gasteiger partial charge in [0.05, 0.1) is 6.61 Å². The number of benzene rings is 1. The van der Waals surface area contributed by atoms with Crippen LogP contribution in [-0.2, 0) is 6.42 Å². The summed E-state index contributed by atoms with van der Waals surface area (Å²) >= 11 is 0. The molecular weight excluding hydrogens is 270 g/mol. The molecule has 2 heteroatoms.